The Bertz CT molecular complexity index is 1920. The van der Waals surface area contributed by atoms with Crippen LogP contribution in [-0.2, 0) is 47.7 Å². The fourth-order valence-corrected chi connectivity index (χ4v) is 9.38. The predicted octanol–water partition coefficient (Wildman–Crippen LogP) is 6.89. The van der Waals surface area contributed by atoms with Crippen molar-refractivity contribution in [2.24, 2.45) is 45.3 Å². The van der Waals surface area contributed by atoms with E-state index in [4.69, 9.17) is 24.1 Å². The van der Waals surface area contributed by atoms with Crippen molar-refractivity contribution in [1.82, 2.24) is 20.9 Å². The highest BCUT2D eigenvalue weighted by atomic mass is 16.6. The van der Waals surface area contributed by atoms with Crippen molar-refractivity contribution in [3.05, 3.63) is 25.3 Å². The fourth-order valence-electron chi connectivity index (χ4n) is 9.38. The molecule has 12 atom stereocenters. The van der Waals surface area contributed by atoms with Gasteiger partial charge in [-0.25, -0.2) is 14.4 Å². The Morgan fingerprint density at radius 1 is 0.681 bits per heavy atom. The standard InChI is InChI=1S/C26H42N2O6.C15H23NO3.C11H21NO4/c1-11-17-12-26(17,16(3)29)13-18(30)20-15(2)19(33-10)14-28(20)22(31)21(24(4,5)6)27-23(32)34-25(7,8)9;1-5-11-6-15(11,10(3)17)7-12(18)14-9(2)13(19-4)8-16-14;1-10(2,3)7(8(13)14)12-9(15)16-11(4,5)6/h11,15,17,19-21H,1,12-14H2,2-10H3,(H,27,32);5,9,11,13-14,16H,1,6-8H2,2-4H3;7H,1-6H3,(H,12,15)(H,13,14)/t15?,17-,19+,20+,21-,26+;9?,11-,13+,14+,15+;7-/m111/s1. The number of allylic oxidation sites excluding steroid dienone is 2. The lowest BCUT2D eigenvalue weighted by Gasteiger charge is -2.36. The van der Waals surface area contributed by atoms with Crippen molar-refractivity contribution >= 4 is 47.2 Å². The quantitative estimate of drug-likeness (QED) is 0.115. The Kier molecular flexibility index (Phi) is 20.4. The molecule has 392 valence electrons. The van der Waals surface area contributed by atoms with Crippen molar-refractivity contribution in [3.8, 4) is 0 Å². The molecule has 0 bridgehead atoms. The molecule has 2 aliphatic carbocycles. The van der Waals surface area contributed by atoms with E-state index in [1.54, 1.807) is 95.6 Å². The molecular weight excluding hydrogens is 889 g/mol. The highest BCUT2D eigenvalue weighted by Gasteiger charge is 2.60. The first kappa shape index (κ1) is 60.6. The molecule has 3 amide bonds. The number of Topliss-reactive ketones (excluding diaryl/α,β-unsaturated/α-hetero) is 4. The average molecular weight is 975 g/mol. The zero-order valence-electron chi connectivity index (χ0n) is 44.9. The summed E-state index contributed by atoms with van der Waals surface area (Å²) in [5.41, 5.74) is -3.75. The lowest BCUT2D eigenvalue weighted by atomic mass is 9.84. The SMILES string of the molecule is C=C[C@@H]1C[C@]1(CC(=O)[C@@H]1C(C)[C@@H](OC)CN1C(=O)[C@@H](NC(=O)OC(C)(C)C)C(C)(C)C)C(C)=O.C=C[C@@H]1C[C@]1(CC(=O)[C@H]1NC[C@H](OC)C1C)C(C)=O.CC(C)(C)OC(=O)N[C@H](C(=O)O)C(C)(C)C. The van der Waals surface area contributed by atoms with E-state index in [0.717, 1.165) is 6.42 Å². The molecule has 0 aromatic carbocycles. The van der Waals surface area contributed by atoms with Crippen LogP contribution in [0.25, 0.3) is 0 Å². The molecule has 0 radical (unpaired) electrons. The van der Waals surface area contributed by atoms with Crippen LogP contribution in [0.4, 0.5) is 9.59 Å². The molecule has 4 fully saturated rings. The summed E-state index contributed by atoms with van der Waals surface area (Å²) >= 11 is 0. The van der Waals surface area contributed by atoms with Gasteiger partial charge in [-0.3, -0.25) is 24.0 Å². The number of rotatable bonds is 16. The fraction of sp³-hybridized carbons (Fsp3) is 0.769. The molecule has 17 heteroatoms. The van der Waals surface area contributed by atoms with E-state index in [2.05, 4.69) is 29.1 Å². The van der Waals surface area contributed by atoms with Gasteiger partial charge in [0.1, 0.15) is 34.9 Å². The van der Waals surface area contributed by atoms with E-state index < -0.39 is 69.1 Å². The van der Waals surface area contributed by atoms with Gasteiger partial charge in [-0.15, -0.1) is 13.2 Å². The minimum atomic E-state index is -1.07. The van der Waals surface area contributed by atoms with E-state index in [-0.39, 0.29) is 83.9 Å². The van der Waals surface area contributed by atoms with E-state index in [0.29, 0.717) is 19.4 Å². The van der Waals surface area contributed by atoms with Crippen molar-refractivity contribution < 1.29 is 62.4 Å². The Balaban J connectivity index is 0.000000393. The topological polar surface area (TPSA) is 233 Å². The lowest BCUT2D eigenvalue weighted by molar-refractivity contribution is -0.143. The number of methoxy groups -OCH3 is 2. The normalized spacial score (nSPS) is 29.3. The molecule has 69 heavy (non-hydrogen) atoms. The molecule has 4 N–H and O–H groups in total. The van der Waals surface area contributed by atoms with Gasteiger partial charge in [0.05, 0.1) is 24.3 Å². The number of hydrogen-bond donors (Lipinski definition) is 4. The van der Waals surface area contributed by atoms with Gasteiger partial charge in [0.25, 0.3) is 0 Å². The van der Waals surface area contributed by atoms with Crippen LogP contribution in [0.5, 0.6) is 0 Å². The van der Waals surface area contributed by atoms with Gasteiger partial charge < -0.3 is 44.9 Å². The van der Waals surface area contributed by atoms with Crippen molar-refractivity contribution in [2.45, 2.75) is 184 Å². The number of nitrogens with one attached hydrogen (secondary N) is 3. The van der Waals surface area contributed by atoms with Crippen LogP contribution in [-0.4, -0.2) is 132 Å². The Morgan fingerprint density at radius 3 is 1.41 bits per heavy atom. The van der Waals surface area contributed by atoms with Crippen LogP contribution in [0, 0.1) is 45.3 Å². The first-order valence-electron chi connectivity index (χ1n) is 24.0. The summed E-state index contributed by atoms with van der Waals surface area (Å²) in [6.45, 7) is 36.6. The molecule has 2 heterocycles. The van der Waals surface area contributed by atoms with Crippen molar-refractivity contribution in [3.63, 3.8) is 0 Å². The Hall–Kier alpha value is -4.48. The largest absolute Gasteiger partial charge is 0.480 e. The summed E-state index contributed by atoms with van der Waals surface area (Å²) in [5.74, 6) is -1.34. The number of nitrogens with zero attached hydrogens (tertiary/aromatic N) is 1. The van der Waals surface area contributed by atoms with Gasteiger partial charge >= 0.3 is 18.2 Å². The minimum Gasteiger partial charge on any atom is -0.480 e. The summed E-state index contributed by atoms with van der Waals surface area (Å²) in [4.78, 5) is 100. The van der Waals surface area contributed by atoms with Crippen LogP contribution in [0.2, 0.25) is 0 Å². The van der Waals surface area contributed by atoms with Crippen LogP contribution in [0.1, 0.15) is 136 Å². The van der Waals surface area contributed by atoms with Crippen LogP contribution in [0.3, 0.4) is 0 Å². The molecule has 2 aliphatic heterocycles. The monoisotopic (exact) mass is 975 g/mol. The number of aliphatic carboxylic acids is 1. The Morgan fingerprint density at radius 2 is 1.09 bits per heavy atom. The van der Waals surface area contributed by atoms with E-state index in [9.17, 15) is 38.4 Å². The molecule has 2 unspecified atom stereocenters. The summed E-state index contributed by atoms with van der Waals surface area (Å²) in [6, 6.07) is -2.82. The number of carboxylic acids is 1. The van der Waals surface area contributed by atoms with Crippen molar-refractivity contribution in [1.29, 1.82) is 0 Å². The molecule has 0 spiro atoms. The molecule has 2 saturated carbocycles. The number of likely N-dealkylation sites (tertiary alicyclic amines) is 1. The smallest absolute Gasteiger partial charge is 0.408 e. The van der Waals surface area contributed by atoms with Gasteiger partial charge in [0.15, 0.2) is 11.6 Å². The molecule has 4 aliphatic rings. The number of carboxylic acid groups (broad SMARTS) is 1. The maximum atomic E-state index is 13.8. The number of hydrogen-bond acceptors (Lipinski definition) is 13. The highest BCUT2D eigenvalue weighted by molar-refractivity contribution is 5.98. The zero-order valence-corrected chi connectivity index (χ0v) is 44.9. The van der Waals surface area contributed by atoms with Gasteiger partial charge in [-0.2, -0.15) is 0 Å². The first-order chi connectivity index (χ1) is 31.4. The van der Waals surface area contributed by atoms with Gasteiger partial charge in [-0.1, -0.05) is 67.5 Å². The molecule has 17 nitrogen and oxygen atoms in total. The second-order valence-corrected chi connectivity index (χ2v) is 23.6. The maximum Gasteiger partial charge on any atom is 0.408 e. The third-order valence-electron chi connectivity index (χ3n) is 13.8. The van der Waals surface area contributed by atoms with E-state index >= 15 is 0 Å². The second kappa shape index (κ2) is 23.2. The molecule has 2 saturated heterocycles. The average Bonchev–Trinajstić information content (AvgIpc) is 4.02. The van der Waals surface area contributed by atoms with E-state index in [1.165, 1.54) is 11.8 Å². The number of ketones is 4. The maximum absolute atomic E-state index is 13.8. The summed E-state index contributed by atoms with van der Waals surface area (Å²) in [7, 11) is 3.23. The van der Waals surface area contributed by atoms with Gasteiger partial charge in [-0.05, 0) is 90.9 Å². The van der Waals surface area contributed by atoms with Crippen molar-refractivity contribution in [2.75, 3.05) is 27.3 Å². The minimum absolute atomic E-state index is 0.0239. The van der Waals surface area contributed by atoms with Gasteiger partial charge in [0, 0.05) is 62.8 Å². The molecular formula is C52H86N4O13. The highest BCUT2D eigenvalue weighted by Crippen LogP contribution is 2.58. The number of ether oxygens (including phenoxy) is 4. The molecule has 0 aromatic rings. The zero-order chi connectivity index (χ0) is 53.6. The lowest BCUT2D eigenvalue weighted by Crippen LogP contribution is -2.57. The van der Waals surface area contributed by atoms with Crippen LogP contribution in [0.15, 0.2) is 25.3 Å². The predicted molar refractivity (Wildman–Crippen MR) is 262 cm³/mol. The summed E-state index contributed by atoms with van der Waals surface area (Å²) < 4.78 is 21.3. The molecule has 4 rings (SSSR count). The number of carbonyl (C=O) groups excluding carboxylic acids is 7. The van der Waals surface area contributed by atoms with Gasteiger partial charge in [0.2, 0.25) is 5.91 Å². The summed E-state index contributed by atoms with van der Waals surface area (Å²) in [6.07, 6.45) is 3.64. The second-order valence-electron chi connectivity index (χ2n) is 23.6. The number of amides is 3. The van der Waals surface area contributed by atoms with Crippen LogP contribution < -0.4 is 16.0 Å². The third-order valence-corrected chi connectivity index (χ3v) is 13.8. The molecule has 0 aromatic heterocycles. The summed E-state index contributed by atoms with van der Waals surface area (Å²) in [5, 5.41) is 17.3. The third kappa shape index (κ3) is 16.0. The first-order valence-corrected chi connectivity index (χ1v) is 24.0. The van der Waals surface area contributed by atoms with E-state index in [1.807, 2.05) is 34.6 Å². The van der Waals surface area contributed by atoms with Crippen LogP contribution >= 0.6 is 0 Å². The Labute approximate surface area is 411 Å². The number of alkyl carbamates (subject to hydrolysis) is 2. The number of carbonyl (C=O) groups is 8.